The Morgan fingerprint density at radius 1 is 1.18 bits per heavy atom. The second kappa shape index (κ2) is 7.51. The molecular weight excluding hydrogens is 278 g/mol. The lowest BCUT2D eigenvalue weighted by Gasteiger charge is -2.32. The van der Waals surface area contributed by atoms with Crippen LogP contribution in [0.3, 0.4) is 0 Å². The molecule has 1 aliphatic carbocycles. The number of quaternary nitrogens is 1. The number of nitrogens with zero attached hydrogens (tertiary/aromatic N) is 4. The summed E-state index contributed by atoms with van der Waals surface area (Å²) in [5, 5.41) is 12.9. The molecule has 2 heterocycles. The maximum Gasteiger partial charge on any atom is 0.209 e. The molecule has 1 aliphatic heterocycles. The molecule has 6 heteroatoms. The van der Waals surface area contributed by atoms with Gasteiger partial charge in [0.15, 0.2) is 6.04 Å². The summed E-state index contributed by atoms with van der Waals surface area (Å²) in [7, 11) is 0. The fraction of sp³-hybridized carbons (Fsp3) is 0.938. The van der Waals surface area contributed by atoms with Crippen LogP contribution in [0, 0.1) is 5.92 Å². The first kappa shape index (κ1) is 15.9. The fourth-order valence-electron chi connectivity index (χ4n) is 3.92. The molecule has 0 bridgehead atoms. The monoisotopic (exact) mass is 308 g/mol. The highest BCUT2D eigenvalue weighted by Gasteiger charge is 2.33. The van der Waals surface area contributed by atoms with E-state index in [4.69, 9.17) is 4.74 Å². The molecule has 3 rings (SSSR count). The van der Waals surface area contributed by atoms with E-state index < -0.39 is 0 Å². The van der Waals surface area contributed by atoms with Crippen LogP contribution in [0.2, 0.25) is 0 Å². The van der Waals surface area contributed by atoms with Crippen molar-refractivity contribution in [3.63, 3.8) is 0 Å². The van der Waals surface area contributed by atoms with E-state index >= 15 is 0 Å². The average Bonchev–Trinajstić information content (AvgIpc) is 3.03. The Labute approximate surface area is 133 Å². The second-order valence-electron chi connectivity index (χ2n) is 7.23. The zero-order chi connectivity index (χ0) is 15.4. The molecule has 6 nitrogen and oxygen atoms in total. The number of tetrazole rings is 1. The summed E-state index contributed by atoms with van der Waals surface area (Å²) in [4.78, 5) is 1.59. The largest absolute Gasteiger partial charge is 0.370 e. The molecule has 0 amide bonds. The van der Waals surface area contributed by atoms with E-state index in [0.29, 0.717) is 18.0 Å². The van der Waals surface area contributed by atoms with Gasteiger partial charge in [-0.2, -0.15) is 0 Å². The van der Waals surface area contributed by atoms with Crippen molar-refractivity contribution in [1.29, 1.82) is 0 Å². The SMILES string of the molecule is CC(C)C[C@H](c1nnnn1C1CCCCC1)[NH+]1CCOCC1. The maximum absolute atomic E-state index is 5.54. The van der Waals surface area contributed by atoms with Crippen LogP contribution in [0.1, 0.15) is 70.3 Å². The molecule has 2 fully saturated rings. The first-order valence-corrected chi connectivity index (χ1v) is 8.95. The lowest BCUT2D eigenvalue weighted by atomic mass is 9.95. The van der Waals surface area contributed by atoms with Crippen molar-refractivity contribution >= 4 is 0 Å². The first-order chi connectivity index (χ1) is 10.8. The van der Waals surface area contributed by atoms with Gasteiger partial charge >= 0.3 is 0 Å². The van der Waals surface area contributed by atoms with Crippen molar-refractivity contribution in [1.82, 2.24) is 20.2 Å². The van der Waals surface area contributed by atoms with Crippen molar-refractivity contribution in [2.24, 2.45) is 5.92 Å². The third kappa shape index (κ3) is 3.66. The fourth-order valence-corrected chi connectivity index (χ4v) is 3.92. The Kier molecular flexibility index (Phi) is 5.41. The Hall–Kier alpha value is -1.01. The van der Waals surface area contributed by atoms with E-state index in [1.807, 2.05) is 0 Å². The zero-order valence-electron chi connectivity index (χ0n) is 14.0. The molecule has 0 aromatic carbocycles. The molecular formula is C16H30N5O+. The summed E-state index contributed by atoms with van der Waals surface area (Å²) in [6.07, 6.45) is 7.57. The van der Waals surface area contributed by atoms with Crippen LogP contribution in [-0.4, -0.2) is 46.5 Å². The lowest BCUT2D eigenvalue weighted by molar-refractivity contribution is -0.940. The summed E-state index contributed by atoms with van der Waals surface area (Å²) < 4.78 is 7.70. The van der Waals surface area contributed by atoms with Crippen LogP contribution in [0.15, 0.2) is 0 Å². The van der Waals surface area contributed by atoms with Gasteiger partial charge in [0, 0.05) is 6.42 Å². The van der Waals surface area contributed by atoms with Crippen LogP contribution in [0.5, 0.6) is 0 Å². The molecule has 2 aliphatic rings. The quantitative estimate of drug-likeness (QED) is 0.887. The zero-order valence-corrected chi connectivity index (χ0v) is 14.0. The topological polar surface area (TPSA) is 57.3 Å². The molecule has 22 heavy (non-hydrogen) atoms. The molecule has 124 valence electrons. The molecule has 1 atom stereocenters. The van der Waals surface area contributed by atoms with Gasteiger partial charge in [-0.3, -0.25) is 0 Å². The van der Waals surface area contributed by atoms with Gasteiger partial charge in [-0.1, -0.05) is 33.1 Å². The van der Waals surface area contributed by atoms with Gasteiger partial charge in [0.2, 0.25) is 5.82 Å². The Bertz CT molecular complexity index is 449. The number of hydrogen-bond donors (Lipinski definition) is 1. The van der Waals surface area contributed by atoms with Gasteiger partial charge < -0.3 is 9.64 Å². The van der Waals surface area contributed by atoms with E-state index in [1.165, 1.54) is 32.1 Å². The summed E-state index contributed by atoms with van der Waals surface area (Å²) in [5.74, 6) is 1.76. The predicted molar refractivity (Wildman–Crippen MR) is 83.7 cm³/mol. The van der Waals surface area contributed by atoms with Crippen LogP contribution in [0.25, 0.3) is 0 Å². The summed E-state index contributed by atoms with van der Waals surface area (Å²) >= 11 is 0. The van der Waals surface area contributed by atoms with Crippen LogP contribution < -0.4 is 4.90 Å². The highest BCUT2D eigenvalue weighted by molar-refractivity contribution is 4.91. The minimum Gasteiger partial charge on any atom is -0.370 e. The van der Waals surface area contributed by atoms with E-state index in [-0.39, 0.29) is 0 Å². The lowest BCUT2D eigenvalue weighted by Crippen LogP contribution is -3.14. The normalized spacial score (nSPS) is 23.0. The maximum atomic E-state index is 5.54. The van der Waals surface area contributed by atoms with Crippen LogP contribution in [-0.2, 0) is 4.74 Å². The average molecular weight is 308 g/mol. The second-order valence-corrected chi connectivity index (χ2v) is 7.23. The summed E-state index contributed by atoms with van der Waals surface area (Å²) in [6.45, 7) is 8.43. The molecule has 0 unspecified atom stereocenters. The van der Waals surface area contributed by atoms with Crippen molar-refractivity contribution in [3.05, 3.63) is 5.82 Å². The number of morpholine rings is 1. The molecule has 1 saturated heterocycles. The van der Waals surface area contributed by atoms with Crippen molar-refractivity contribution in [3.8, 4) is 0 Å². The van der Waals surface area contributed by atoms with Crippen molar-refractivity contribution < 1.29 is 9.64 Å². The van der Waals surface area contributed by atoms with Gasteiger partial charge in [-0.05, 0) is 29.2 Å². The molecule has 1 aromatic rings. The summed E-state index contributed by atoms with van der Waals surface area (Å²) in [5.41, 5.74) is 0. The van der Waals surface area contributed by atoms with Crippen molar-refractivity contribution in [2.45, 2.75) is 64.5 Å². The Balaban J connectivity index is 1.82. The smallest absolute Gasteiger partial charge is 0.209 e. The number of hydrogen-bond acceptors (Lipinski definition) is 4. The number of nitrogens with one attached hydrogen (secondary N) is 1. The van der Waals surface area contributed by atoms with Gasteiger partial charge in [-0.15, -0.1) is 5.10 Å². The van der Waals surface area contributed by atoms with Gasteiger partial charge in [-0.25, -0.2) is 4.68 Å². The Morgan fingerprint density at radius 3 is 2.59 bits per heavy atom. The van der Waals surface area contributed by atoms with E-state index in [9.17, 15) is 0 Å². The van der Waals surface area contributed by atoms with E-state index in [2.05, 4.69) is 34.1 Å². The summed E-state index contributed by atoms with van der Waals surface area (Å²) in [6, 6.07) is 0.912. The highest BCUT2D eigenvalue weighted by atomic mass is 16.5. The predicted octanol–water partition coefficient (Wildman–Crippen LogP) is 1.18. The van der Waals surface area contributed by atoms with E-state index in [1.54, 1.807) is 4.90 Å². The molecule has 1 aromatic heterocycles. The minimum absolute atomic E-state index is 0.404. The third-order valence-corrected chi connectivity index (χ3v) is 5.09. The van der Waals surface area contributed by atoms with Crippen LogP contribution in [0.4, 0.5) is 0 Å². The molecule has 0 spiro atoms. The number of ether oxygens (including phenoxy) is 1. The standard InChI is InChI=1S/C16H29N5O/c1-13(2)12-15(20-8-10-22-11-9-20)16-17-18-19-21(16)14-6-4-3-5-7-14/h13-15H,3-12H2,1-2H3/p+1/t15-/m1/s1. The molecule has 1 N–H and O–H groups in total. The van der Waals surface area contributed by atoms with E-state index in [0.717, 1.165) is 38.5 Å². The molecule has 0 radical (unpaired) electrons. The molecule has 1 saturated carbocycles. The minimum atomic E-state index is 0.404. The highest BCUT2D eigenvalue weighted by Crippen LogP contribution is 2.29. The van der Waals surface area contributed by atoms with Gasteiger partial charge in [0.05, 0.1) is 19.3 Å². The van der Waals surface area contributed by atoms with Gasteiger partial charge in [0.25, 0.3) is 0 Å². The van der Waals surface area contributed by atoms with Gasteiger partial charge in [0.1, 0.15) is 13.1 Å². The number of rotatable bonds is 5. The van der Waals surface area contributed by atoms with Crippen LogP contribution >= 0.6 is 0 Å². The van der Waals surface area contributed by atoms with Crippen molar-refractivity contribution in [2.75, 3.05) is 26.3 Å². The Morgan fingerprint density at radius 2 is 1.91 bits per heavy atom. The third-order valence-electron chi connectivity index (χ3n) is 5.09. The first-order valence-electron chi connectivity index (χ1n) is 8.95. The number of aromatic nitrogens is 4.